The highest BCUT2D eigenvalue weighted by Crippen LogP contribution is 2.35. The zero-order valence-electron chi connectivity index (χ0n) is 18.0. The zero-order chi connectivity index (χ0) is 21.2. The highest BCUT2D eigenvalue weighted by molar-refractivity contribution is 7.21. The van der Waals surface area contributed by atoms with E-state index in [-0.39, 0.29) is 0 Å². The number of piperidine rings is 1. The van der Waals surface area contributed by atoms with Crippen molar-refractivity contribution < 1.29 is 4.42 Å². The summed E-state index contributed by atoms with van der Waals surface area (Å²) in [5.41, 5.74) is 2.22. The Morgan fingerprint density at radius 1 is 1.13 bits per heavy atom. The third-order valence-electron chi connectivity index (χ3n) is 6.08. The Kier molecular flexibility index (Phi) is 5.70. The van der Waals surface area contributed by atoms with Gasteiger partial charge in [-0.3, -0.25) is 4.90 Å². The maximum atomic E-state index is 5.75. The minimum Gasteiger partial charge on any atom is -0.444 e. The van der Waals surface area contributed by atoms with Crippen LogP contribution in [0.15, 0.2) is 47.1 Å². The first-order valence-electron chi connectivity index (χ1n) is 10.8. The van der Waals surface area contributed by atoms with Crippen LogP contribution < -0.4 is 5.32 Å². The van der Waals surface area contributed by atoms with Crippen molar-refractivity contribution in [3.05, 3.63) is 60.1 Å². The first kappa shape index (κ1) is 20.2. The van der Waals surface area contributed by atoms with Crippen LogP contribution in [0.25, 0.3) is 20.7 Å². The van der Waals surface area contributed by atoms with Gasteiger partial charge in [-0.15, -0.1) is 11.3 Å². The molecule has 1 aromatic carbocycles. The van der Waals surface area contributed by atoms with Crippen LogP contribution in [0.2, 0.25) is 0 Å². The number of aromatic nitrogens is 3. The first-order valence-corrected chi connectivity index (χ1v) is 11.7. The molecule has 3 aromatic heterocycles. The quantitative estimate of drug-likeness (QED) is 0.446. The van der Waals surface area contributed by atoms with E-state index in [1.54, 1.807) is 17.7 Å². The molecule has 1 fully saturated rings. The molecular formula is C24H27N5OS. The summed E-state index contributed by atoms with van der Waals surface area (Å²) in [7, 11) is 0. The smallest absolute Gasteiger partial charge is 0.208 e. The number of hydrogen-bond acceptors (Lipinski definition) is 7. The van der Waals surface area contributed by atoms with Crippen molar-refractivity contribution in [2.45, 2.75) is 33.2 Å². The van der Waals surface area contributed by atoms with Crippen LogP contribution >= 0.6 is 11.3 Å². The lowest BCUT2D eigenvalue weighted by molar-refractivity contribution is 0.167. The average molecular weight is 434 g/mol. The van der Waals surface area contributed by atoms with E-state index in [1.807, 2.05) is 19.9 Å². The van der Waals surface area contributed by atoms with Crippen LogP contribution in [0.1, 0.15) is 30.2 Å². The maximum absolute atomic E-state index is 5.75. The number of fused-ring (bicyclic) bond motifs is 1. The van der Waals surface area contributed by atoms with Crippen molar-refractivity contribution >= 4 is 27.4 Å². The topological polar surface area (TPSA) is 67.1 Å². The standard InChI is InChI=1S/C24H27N5OS/c1-16-17(2)30-22(28-16)14-29-10-8-18(9-11-29)13-25-23-20-12-21(19-6-4-3-5-7-19)31-24(20)27-15-26-23/h3-7,12,15,18H,8-11,13-14H2,1-2H3,(H,25,26,27). The van der Waals surface area contributed by atoms with Gasteiger partial charge >= 0.3 is 0 Å². The number of hydrogen-bond donors (Lipinski definition) is 1. The molecule has 160 valence electrons. The summed E-state index contributed by atoms with van der Waals surface area (Å²) in [6.07, 6.45) is 4.00. The van der Waals surface area contributed by atoms with E-state index in [2.05, 4.69) is 55.5 Å². The molecule has 6 nitrogen and oxygen atoms in total. The van der Waals surface area contributed by atoms with E-state index in [0.717, 1.165) is 59.6 Å². The molecule has 0 aliphatic carbocycles. The summed E-state index contributed by atoms with van der Waals surface area (Å²) < 4.78 is 5.75. The fraction of sp³-hybridized carbons (Fsp3) is 0.375. The predicted molar refractivity (Wildman–Crippen MR) is 125 cm³/mol. The normalized spacial score (nSPS) is 15.5. The molecule has 4 aromatic rings. The number of anilines is 1. The van der Waals surface area contributed by atoms with Gasteiger partial charge in [-0.05, 0) is 57.3 Å². The third-order valence-corrected chi connectivity index (χ3v) is 7.18. The van der Waals surface area contributed by atoms with E-state index in [0.29, 0.717) is 5.92 Å². The molecule has 4 heterocycles. The Balaban J connectivity index is 1.19. The third kappa shape index (κ3) is 4.48. The summed E-state index contributed by atoms with van der Waals surface area (Å²) in [4.78, 5) is 18.2. The van der Waals surface area contributed by atoms with Gasteiger partial charge in [0, 0.05) is 11.4 Å². The molecule has 0 bridgehead atoms. The van der Waals surface area contributed by atoms with E-state index in [1.165, 1.54) is 23.3 Å². The lowest BCUT2D eigenvalue weighted by atomic mass is 9.97. The lowest BCUT2D eigenvalue weighted by Gasteiger charge is -2.31. The van der Waals surface area contributed by atoms with Crippen molar-refractivity contribution in [3.8, 4) is 10.4 Å². The van der Waals surface area contributed by atoms with Gasteiger partial charge in [0.1, 0.15) is 22.7 Å². The van der Waals surface area contributed by atoms with Gasteiger partial charge < -0.3 is 9.73 Å². The Labute approximate surface area is 186 Å². The molecule has 0 atom stereocenters. The number of thiophene rings is 1. The van der Waals surface area contributed by atoms with E-state index in [4.69, 9.17) is 4.42 Å². The molecule has 1 saturated heterocycles. The van der Waals surface area contributed by atoms with Crippen LogP contribution in [0, 0.1) is 19.8 Å². The fourth-order valence-electron chi connectivity index (χ4n) is 4.13. The van der Waals surface area contributed by atoms with Gasteiger partial charge in [0.25, 0.3) is 0 Å². The number of likely N-dealkylation sites (tertiary alicyclic amines) is 1. The van der Waals surface area contributed by atoms with Crippen LogP contribution in [-0.4, -0.2) is 39.5 Å². The SMILES string of the molecule is Cc1nc(CN2CCC(CNc3ncnc4sc(-c5ccccc5)cc34)CC2)oc1C. The predicted octanol–water partition coefficient (Wildman–Crippen LogP) is 5.29. The number of rotatable bonds is 6. The summed E-state index contributed by atoms with van der Waals surface area (Å²) in [6, 6.07) is 12.7. The van der Waals surface area contributed by atoms with Crippen LogP contribution in [0.4, 0.5) is 5.82 Å². The Morgan fingerprint density at radius 3 is 2.68 bits per heavy atom. The molecular weight excluding hydrogens is 406 g/mol. The molecule has 0 unspecified atom stereocenters. The van der Waals surface area contributed by atoms with Crippen LogP contribution in [-0.2, 0) is 6.54 Å². The molecule has 1 aliphatic heterocycles. The highest BCUT2D eigenvalue weighted by Gasteiger charge is 2.21. The molecule has 1 aliphatic rings. The van der Waals surface area contributed by atoms with Gasteiger partial charge in [-0.25, -0.2) is 15.0 Å². The van der Waals surface area contributed by atoms with Gasteiger partial charge in [-0.2, -0.15) is 0 Å². The molecule has 0 saturated carbocycles. The van der Waals surface area contributed by atoms with Crippen molar-refractivity contribution in [2.75, 3.05) is 25.0 Å². The molecule has 5 rings (SSSR count). The molecule has 0 amide bonds. The number of oxazole rings is 1. The number of nitrogens with one attached hydrogen (secondary N) is 1. The summed E-state index contributed by atoms with van der Waals surface area (Å²) in [6.45, 7) is 7.86. The molecule has 0 radical (unpaired) electrons. The monoisotopic (exact) mass is 433 g/mol. The lowest BCUT2D eigenvalue weighted by Crippen LogP contribution is -2.35. The zero-order valence-corrected chi connectivity index (χ0v) is 18.8. The second-order valence-corrected chi connectivity index (χ2v) is 9.30. The minimum atomic E-state index is 0.640. The molecule has 0 spiro atoms. The summed E-state index contributed by atoms with van der Waals surface area (Å²) in [5, 5.41) is 4.71. The highest BCUT2D eigenvalue weighted by atomic mass is 32.1. The Morgan fingerprint density at radius 2 is 1.94 bits per heavy atom. The van der Waals surface area contributed by atoms with Gasteiger partial charge in [0.2, 0.25) is 5.89 Å². The van der Waals surface area contributed by atoms with Crippen molar-refractivity contribution in [2.24, 2.45) is 5.92 Å². The molecule has 31 heavy (non-hydrogen) atoms. The van der Waals surface area contributed by atoms with E-state index < -0.39 is 0 Å². The number of nitrogens with zero attached hydrogens (tertiary/aromatic N) is 4. The summed E-state index contributed by atoms with van der Waals surface area (Å²) >= 11 is 1.72. The second-order valence-electron chi connectivity index (χ2n) is 8.27. The van der Waals surface area contributed by atoms with Crippen LogP contribution in [0.5, 0.6) is 0 Å². The minimum absolute atomic E-state index is 0.640. The van der Waals surface area contributed by atoms with Crippen molar-refractivity contribution in [3.63, 3.8) is 0 Å². The largest absolute Gasteiger partial charge is 0.444 e. The summed E-state index contributed by atoms with van der Waals surface area (Å²) in [5.74, 6) is 3.34. The van der Waals surface area contributed by atoms with Gasteiger partial charge in [0.05, 0.1) is 17.6 Å². The van der Waals surface area contributed by atoms with Gasteiger partial charge in [-0.1, -0.05) is 30.3 Å². The Bertz CT molecular complexity index is 1140. The Hall–Kier alpha value is -2.77. The van der Waals surface area contributed by atoms with E-state index in [9.17, 15) is 0 Å². The first-order chi connectivity index (χ1) is 15.2. The molecule has 1 N–H and O–H groups in total. The van der Waals surface area contributed by atoms with Gasteiger partial charge in [0.15, 0.2) is 0 Å². The second kappa shape index (κ2) is 8.77. The van der Waals surface area contributed by atoms with Crippen molar-refractivity contribution in [1.82, 2.24) is 19.9 Å². The number of aryl methyl sites for hydroxylation is 2. The maximum Gasteiger partial charge on any atom is 0.208 e. The average Bonchev–Trinajstić information content (AvgIpc) is 3.37. The van der Waals surface area contributed by atoms with Crippen LogP contribution in [0.3, 0.4) is 0 Å². The number of benzene rings is 1. The fourth-order valence-corrected chi connectivity index (χ4v) is 5.13. The van der Waals surface area contributed by atoms with Crippen molar-refractivity contribution in [1.29, 1.82) is 0 Å². The molecule has 7 heteroatoms. The van der Waals surface area contributed by atoms with E-state index >= 15 is 0 Å².